The van der Waals surface area contributed by atoms with Gasteiger partial charge < -0.3 is 10.6 Å². The van der Waals surface area contributed by atoms with Gasteiger partial charge in [-0.05, 0) is 57.0 Å². The number of nitrogens with two attached hydrogens (primary N) is 1. The first-order chi connectivity index (χ1) is 15.3. The fraction of sp³-hybridized carbons (Fsp3) is 0.318. The summed E-state index contributed by atoms with van der Waals surface area (Å²) >= 11 is 0. The van der Waals surface area contributed by atoms with Crippen LogP contribution in [0.4, 0.5) is 10.2 Å². The van der Waals surface area contributed by atoms with E-state index >= 15 is 0 Å². The van der Waals surface area contributed by atoms with Crippen molar-refractivity contribution in [3.63, 3.8) is 0 Å². The molecule has 4 rings (SSSR count). The Morgan fingerprint density at radius 3 is 2.62 bits per heavy atom. The highest BCUT2D eigenvalue weighted by atomic mass is 19.1. The highest BCUT2D eigenvalue weighted by molar-refractivity contribution is 6.05. The maximum atomic E-state index is 13.2. The zero-order chi connectivity index (χ0) is 23.0. The van der Waals surface area contributed by atoms with Crippen molar-refractivity contribution in [3.05, 3.63) is 69.8 Å². The van der Waals surface area contributed by atoms with Gasteiger partial charge >= 0.3 is 5.69 Å². The van der Waals surface area contributed by atoms with E-state index in [9.17, 15) is 18.8 Å². The third-order valence-corrected chi connectivity index (χ3v) is 5.66. The zero-order valence-electron chi connectivity index (χ0n) is 17.8. The van der Waals surface area contributed by atoms with Gasteiger partial charge in [0.25, 0.3) is 0 Å². The van der Waals surface area contributed by atoms with E-state index in [4.69, 9.17) is 5.73 Å². The molecule has 1 aliphatic heterocycles. The Balaban J connectivity index is 1.56. The molecule has 0 spiro atoms. The monoisotopic (exact) mass is 438 g/mol. The second-order valence-electron chi connectivity index (χ2n) is 7.85. The average molecular weight is 438 g/mol. The van der Waals surface area contributed by atoms with E-state index in [0.29, 0.717) is 36.5 Å². The first-order valence-corrected chi connectivity index (χ1v) is 10.2. The van der Waals surface area contributed by atoms with Gasteiger partial charge in [-0.25, -0.2) is 13.9 Å². The maximum absolute atomic E-state index is 13.2. The number of aromatic nitrogens is 4. The van der Waals surface area contributed by atoms with Gasteiger partial charge in [-0.15, -0.1) is 0 Å². The molecule has 9 nitrogen and oxygen atoms in total. The van der Waals surface area contributed by atoms with E-state index in [-0.39, 0.29) is 29.6 Å². The van der Waals surface area contributed by atoms with Crippen molar-refractivity contribution in [1.82, 2.24) is 24.2 Å². The van der Waals surface area contributed by atoms with Gasteiger partial charge in [-0.2, -0.15) is 10.1 Å². The van der Waals surface area contributed by atoms with Crippen LogP contribution in [0.15, 0.2) is 41.3 Å². The molecule has 1 saturated heterocycles. The van der Waals surface area contributed by atoms with Crippen LogP contribution >= 0.6 is 0 Å². The Hall–Kier alpha value is -3.82. The summed E-state index contributed by atoms with van der Waals surface area (Å²) in [5.74, 6) is -0.918. The number of Topliss-reactive ketones (excluding diaryl/α,β-unsaturated/α-hetero) is 1. The molecule has 0 bridgehead atoms. The molecular weight excluding hydrogens is 415 g/mol. The van der Waals surface area contributed by atoms with Crippen molar-refractivity contribution >= 4 is 17.5 Å². The maximum Gasteiger partial charge on any atom is 0.348 e. The fourth-order valence-corrected chi connectivity index (χ4v) is 4.05. The Kier molecular flexibility index (Phi) is 5.60. The Morgan fingerprint density at radius 2 is 1.94 bits per heavy atom. The van der Waals surface area contributed by atoms with Crippen molar-refractivity contribution in [3.8, 4) is 5.69 Å². The minimum absolute atomic E-state index is 0.121. The molecule has 1 aliphatic rings. The molecule has 1 fully saturated rings. The number of ketones is 1. The van der Waals surface area contributed by atoms with Gasteiger partial charge in [0.05, 0.1) is 23.5 Å². The van der Waals surface area contributed by atoms with Crippen molar-refractivity contribution in [1.29, 1.82) is 0 Å². The number of halogens is 1. The molecule has 2 aromatic heterocycles. The number of nitrogens with zero attached hydrogens (tertiary/aromatic N) is 5. The number of anilines is 1. The van der Waals surface area contributed by atoms with E-state index in [1.807, 2.05) is 0 Å². The van der Waals surface area contributed by atoms with Gasteiger partial charge in [-0.1, -0.05) is 0 Å². The van der Waals surface area contributed by atoms with Crippen LogP contribution in [0.3, 0.4) is 0 Å². The molecular formula is C22H23FN6O3. The summed E-state index contributed by atoms with van der Waals surface area (Å²) in [6.07, 6.45) is 2.51. The molecule has 0 saturated carbocycles. The van der Waals surface area contributed by atoms with Crippen LogP contribution in [-0.2, 0) is 11.3 Å². The van der Waals surface area contributed by atoms with E-state index in [2.05, 4.69) is 10.1 Å². The highest BCUT2D eigenvalue weighted by Crippen LogP contribution is 2.25. The predicted molar refractivity (Wildman–Crippen MR) is 115 cm³/mol. The minimum atomic E-state index is -0.690. The number of benzene rings is 1. The third-order valence-electron chi connectivity index (χ3n) is 5.66. The van der Waals surface area contributed by atoms with E-state index in [1.165, 1.54) is 44.6 Å². The van der Waals surface area contributed by atoms with Crippen LogP contribution in [0.1, 0.15) is 34.6 Å². The summed E-state index contributed by atoms with van der Waals surface area (Å²) in [6.45, 7) is 3.67. The number of hydrogen-bond acceptors (Lipinski definition) is 6. The van der Waals surface area contributed by atoms with Crippen molar-refractivity contribution in [2.75, 3.05) is 12.3 Å². The first-order valence-electron chi connectivity index (χ1n) is 10.2. The van der Waals surface area contributed by atoms with E-state index in [1.54, 1.807) is 19.9 Å². The molecule has 1 aromatic carbocycles. The molecule has 1 atom stereocenters. The van der Waals surface area contributed by atoms with Crippen LogP contribution in [0, 0.1) is 19.7 Å². The molecule has 3 aromatic rings. The standard InChI is InChI=1S/C22H23FN6O3/c1-13-10-14(2)28(22(32)26-13)12-19(30)27-9-3-4-18(27)20(31)17-11-25-29(21(17)24)16-7-5-15(23)6-8-16/h5-8,10-11,18H,3-4,9,12,24H2,1-2H3/t18-/m1/s1. The molecule has 2 N–H and O–H groups in total. The number of carbonyl (C=O) groups excluding carboxylic acids is 2. The molecule has 0 unspecified atom stereocenters. The average Bonchev–Trinajstić information content (AvgIpc) is 3.38. The number of hydrogen-bond donors (Lipinski definition) is 1. The summed E-state index contributed by atoms with van der Waals surface area (Å²) in [5.41, 5.74) is 7.60. The molecule has 10 heteroatoms. The largest absolute Gasteiger partial charge is 0.383 e. The van der Waals surface area contributed by atoms with Crippen LogP contribution in [0.2, 0.25) is 0 Å². The molecule has 0 aliphatic carbocycles. The molecule has 32 heavy (non-hydrogen) atoms. The number of nitrogen functional groups attached to an aromatic ring is 1. The molecule has 1 amide bonds. The number of likely N-dealkylation sites (tertiary alicyclic amines) is 1. The van der Waals surface area contributed by atoms with Crippen molar-refractivity contribution in [2.24, 2.45) is 0 Å². The Labute approximate surface area is 183 Å². The number of rotatable bonds is 5. The Morgan fingerprint density at radius 1 is 1.22 bits per heavy atom. The number of aryl methyl sites for hydroxylation is 2. The van der Waals surface area contributed by atoms with E-state index < -0.39 is 17.5 Å². The smallest absolute Gasteiger partial charge is 0.348 e. The fourth-order valence-electron chi connectivity index (χ4n) is 4.05. The van der Waals surface area contributed by atoms with Crippen LogP contribution in [0.25, 0.3) is 5.69 Å². The quantitative estimate of drug-likeness (QED) is 0.606. The lowest BCUT2D eigenvalue weighted by atomic mass is 10.0. The summed E-state index contributed by atoms with van der Waals surface area (Å²) in [7, 11) is 0. The van der Waals surface area contributed by atoms with Crippen LogP contribution in [-0.4, -0.2) is 48.5 Å². The normalized spacial score (nSPS) is 15.8. The summed E-state index contributed by atoms with van der Waals surface area (Å²) in [4.78, 5) is 43.8. The lowest BCUT2D eigenvalue weighted by Crippen LogP contribution is -2.44. The van der Waals surface area contributed by atoms with Gasteiger partial charge in [0.2, 0.25) is 5.91 Å². The van der Waals surface area contributed by atoms with Crippen LogP contribution in [0.5, 0.6) is 0 Å². The lowest BCUT2D eigenvalue weighted by Gasteiger charge is -2.24. The molecule has 3 heterocycles. The predicted octanol–water partition coefficient (Wildman–Crippen LogP) is 1.64. The summed E-state index contributed by atoms with van der Waals surface area (Å²) in [6, 6.07) is 6.61. The second kappa shape index (κ2) is 8.37. The number of amides is 1. The first kappa shape index (κ1) is 21.4. The Bertz CT molecular complexity index is 1250. The van der Waals surface area contributed by atoms with Crippen LogP contribution < -0.4 is 11.4 Å². The SMILES string of the molecule is Cc1cc(C)n(CC(=O)N2CCC[C@@H]2C(=O)c2cnn(-c3ccc(F)cc3)c2N)c(=O)n1. The van der Waals surface area contributed by atoms with E-state index in [0.717, 1.165) is 0 Å². The van der Waals surface area contributed by atoms with Gasteiger partial charge in [-0.3, -0.25) is 14.2 Å². The minimum Gasteiger partial charge on any atom is -0.383 e. The second-order valence-corrected chi connectivity index (χ2v) is 7.85. The van der Waals surface area contributed by atoms with Crippen molar-refractivity contribution < 1.29 is 14.0 Å². The van der Waals surface area contributed by atoms with Gasteiger partial charge in [0, 0.05) is 17.9 Å². The number of carbonyl (C=O) groups is 2. The highest BCUT2D eigenvalue weighted by Gasteiger charge is 2.36. The van der Waals surface area contributed by atoms with Gasteiger partial charge in [0.1, 0.15) is 18.2 Å². The topological polar surface area (TPSA) is 116 Å². The summed E-state index contributed by atoms with van der Waals surface area (Å²) in [5, 5.41) is 4.17. The zero-order valence-corrected chi connectivity index (χ0v) is 17.8. The van der Waals surface area contributed by atoms with Gasteiger partial charge in [0.15, 0.2) is 5.78 Å². The summed E-state index contributed by atoms with van der Waals surface area (Å²) < 4.78 is 15.9. The molecule has 0 radical (unpaired) electrons. The third kappa shape index (κ3) is 3.91. The molecule has 166 valence electrons. The lowest BCUT2D eigenvalue weighted by molar-refractivity contribution is -0.132. The van der Waals surface area contributed by atoms with Crippen molar-refractivity contribution in [2.45, 2.75) is 39.3 Å².